The minimum Gasteiger partial charge on any atom is -0.289 e. The van der Waals surface area contributed by atoms with Crippen molar-refractivity contribution in [2.45, 2.75) is 0 Å². The molecule has 80 valence electrons. The topological polar surface area (TPSA) is 54.0 Å². The SMILES string of the molecule is N#Cc1ccc(-c2cccn3cnnc23)cc1. The lowest BCUT2D eigenvalue weighted by atomic mass is 10.1. The molecule has 4 nitrogen and oxygen atoms in total. The Morgan fingerprint density at radius 3 is 2.71 bits per heavy atom. The van der Waals surface area contributed by atoms with Crippen LogP contribution in [0, 0.1) is 11.3 Å². The van der Waals surface area contributed by atoms with E-state index >= 15 is 0 Å². The highest BCUT2D eigenvalue weighted by atomic mass is 15.2. The van der Waals surface area contributed by atoms with Crippen LogP contribution >= 0.6 is 0 Å². The smallest absolute Gasteiger partial charge is 0.168 e. The van der Waals surface area contributed by atoms with Crippen LogP contribution in [0.15, 0.2) is 48.9 Å². The third-order valence-electron chi connectivity index (χ3n) is 2.65. The first-order valence-electron chi connectivity index (χ1n) is 5.17. The van der Waals surface area contributed by atoms with Crippen molar-refractivity contribution in [3.8, 4) is 17.2 Å². The summed E-state index contributed by atoms with van der Waals surface area (Å²) in [5.41, 5.74) is 3.51. The number of nitrogens with zero attached hydrogens (tertiary/aromatic N) is 4. The highest BCUT2D eigenvalue weighted by Crippen LogP contribution is 2.23. The first-order chi connectivity index (χ1) is 8.38. The van der Waals surface area contributed by atoms with Crippen molar-refractivity contribution in [1.82, 2.24) is 14.6 Å². The molecule has 2 aromatic heterocycles. The molecule has 1 aromatic carbocycles. The number of hydrogen-bond donors (Lipinski definition) is 0. The van der Waals surface area contributed by atoms with Gasteiger partial charge in [-0.25, -0.2) is 0 Å². The summed E-state index contributed by atoms with van der Waals surface area (Å²) < 4.78 is 1.87. The molecule has 0 aliphatic heterocycles. The highest BCUT2D eigenvalue weighted by Gasteiger charge is 2.05. The van der Waals surface area contributed by atoms with Gasteiger partial charge in [-0.1, -0.05) is 12.1 Å². The van der Waals surface area contributed by atoms with Crippen molar-refractivity contribution in [1.29, 1.82) is 5.26 Å². The van der Waals surface area contributed by atoms with Crippen molar-refractivity contribution in [3.05, 3.63) is 54.5 Å². The normalized spacial score (nSPS) is 10.3. The molecule has 0 saturated carbocycles. The van der Waals surface area contributed by atoms with Gasteiger partial charge in [-0.05, 0) is 29.8 Å². The predicted octanol–water partition coefficient (Wildman–Crippen LogP) is 2.27. The van der Waals surface area contributed by atoms with Gasteiger partial charge in [0.05, 0.1) is 11.6 Å². The summed E-state index contributed by atoms with van der Waals surface area (Å²) in [5.74, 6) is 0. The molecule has 0 aliphatic carbocycles. The molecule has 3 rings (SSSR count). The van der Waals surface area contributed by atoms with Crippen molar-refractivity contribution in [3.63, 3.8) is 0 Å². The summed E-state index contributed by atoms with van der Waals surface area (Å²) in [6.45, 7) is 0. The number of fused-ring (bicyclic) bond motifs is 1. The van der Waals surface area contributed by atoms with Crippen LogP contribution in [-0.2, 0) is 0 Å². The monoisotopic (exact) mass is 220 g/mol. The lowest BCUT2D eigenvalue weighted by Crippen LogP contribution is -1.87. The van der Waals surface area contributed by atoms with Crippen LogP contribution in [-0.4, -0.2) is 14.6 Å². The zero-order valence-electron chi connectivity index (χ0n) is 8.91. The third kappa shape index (κ3) is 1.54. The van der Waals surface area contributed by atoms with Crippen LogP contribution in [0.2, 0.25) is 0 Å². The van der Waals surface area contributed by atoms with Crippen LogP contribution in [0.5, 0.6) is 0 Å². The summed E-state index contributed by atoms with van der Waals surface area (Å²) in [7, 11) is 0. The molecule has 0 spiro atoms. The van der Waals surface area contributed by atoms with Gasteiger partial charge in [-0.2, -0.15) is 5.26 Å². The van der Waals surface area contributed by atoms with E-state index in [0.717, 1.165) is 16.8 Å². The van der Waals surface area contributed by atoms with Crippen LogP contribution in [0.1, 0.15) is 5.56 Å². The van der Waals surface area contributed by atoms with E-state index in [2.05, 4.69) is 16.3 Å². The molecule has 0 bridgehead atoms. The van der Waals surface area contributed by atoms with Gasteiger partial charge in [0.1, 0.15) is 6.33 Å². The molecular formula is C13H8N4. The van der Waals surface area contributed by atoms with Crippen LogP contribution in [0.3, 0.4) is 0 Å². The molecule has 0 aliphatic rings. The maximum atomic E-state index is 8.76. The maximum Gasteiger partial charge on any atom is 0.168 e. The van der Waals surface area contributed by atoms with Crippen molar-refractivity contribution in [2.24, 2.45) is 0 Å². The average Bonchev–Trinajstić information content (AvgIpc) is 2.87. The molecule has 0 fully saturated rings. The molecule has 3 aromatic rings. The zero-order valence-corrected chi connectivity index (χ0v) is 8.91. The van der Waals surface area contributed by atoms with E-state index in [-0.39, 0.29) is 0 Å². The van der Waals surface area contributed by atoms with Gasteiger partial charge in [0, 0.05) is 11.8 Å². The van der Waals surface area contributed by atoms with E-state index in [1.807, 2.05) is 34.9 Å². The Morgan fingerprint density at radius 1 is 1.12 bits per heavy atom. The third-order valence-corrected chi connectivity index (χ3v) is 2.65. The quantitative estimate of drug-likeness (QED) is 0.632. The first kappa shape index (κ1) is 9.55. The number of pyridine rings is 1. The molecule has 0 amide bonds. The van der Waals surface area contributed by atoms with Crippen molar-refractivity contribution >= 4 is 5.65 Å². The molecule has 0 saturated heterocycles. The Hall–Kier alpha value is -2.67. The lowest BCUT2D eigenvalue weighted by Gasteiger charge is -2.02. The molecule has 0 unspecified atom stereocenters. The number of hydrogen-bond acceptors (Lipinski definition) is 3. The van der Waals surface area contributed by atoms with Gasteiger partial charge >= 0.3 is 0 Å². The molecule has 17 heavy (non-hydrogen) atoms. The summed E-state index contributed by atoms with van der Waals surface area (Å²) in [4.78, 5) is 0. The van der Waals surface area contributed by atoms with E-state index < -0.39 is 0 Å². The Bertz CT molecular complexity index is 704. The second-order valence-electron chi connectivity index (χ2n) is 3.67. The van der Waals surface area contributed by atoms with Crippen LogP contribution in [0.25, 0.3) is 16.8 Å². The van der Waals surface area contributed by atoms with Gasteiger partial charge in [-0.15, -0.1) is 10.2 Å². The van der Waals surface area contributed by atoms with Crippen LogP contribution in [0.4, 0.5) is 0 Å². The summed E-state index contributed by atoms with van der Waals surface area (Å²) >= 11 is 0. The van der Waals surface area contributed by atoms with E-state index in [4.69, 9.17) is 5.26 Å². The number of nitriles is 1. The minimum absolute atomic E-state index is 0.655. The Kier molecular flexibility index (Phi) is 2.09. The van der Waals surface area contributed by atoms with Gasteiger partial charge in [0.2, 0.25) is 0 Å². The summed E-state index contributed by atoms with van der Waals surface area (Å²) in [6.07, 6.45) is 3.57. The van der Waals surface area contributed by atoms with Crippen LogP contribution < -0.4 is 0 Å². The fraction of sp³-hybridized carbons (Fsp3) is 0. The lowest BCUT2D eigenvalue weighted by molar-refractivity contribution is 1.10. The van der Waals surface area contributed by atoms with E-state index in [1.165, 1.54) is 0 Å². The average molecular weight is 220 g/mol. The number of rotatable bonds is 1. The zero-order chi connectivity index (χ0) is 11.7. The van der Waals surface area contributed by atoms with Crippen molar-refractivity contribution in [2.75, 3.05) is 0 Å². The second kappa shape index (κ2) is 3.72. The van der Waals surface area contributed by atoms with E-state index in [1.54, 1.807) is 18.5 Å². The van der Waals surface area contributed by atoms with E-state index in [9.17, 15) is 0 Å². The molecule has 0 N–H and O–H groups in total. The fourth-order valence-corrected chi connectivity index (χ4v) is 1.80. The molecule has 2 heterocycles. The van der Waals surface area contributed by atoms with Crippen molar-refractivity contribution < 1.29 is 0 Å². The van der Waals surface area contributed by atoms with Gasteiger partial charge in [0.25, 0.3) is 0 Å². The van der Waals surface area contributed by atoms with Gasteiger partial charge in [-0.3, -0.25) is 4.40 Å². The summed E-state index contributed by atoms with van der Waals surface area (Å²) in [6, 6.07) is 13.5. The molecule has 0 radical (unpaired) electrons. The Labute approximate surface area is 97.8 Å². The fourth-order valence-electron chi connectivity index (χ4n) is 1.80. The Morgan fingerprint density at radius 2 is 1.94 bits per heavy atom. The standard InChI is InChI=1S/C13H8N4/c14-8-10-3-5-11(6-4-10)12-2-1-7-17-9-15-16-13(12)17/h1-7,9H. The second-order valence-corrected chi connectivity index (χ2v) is 3.67. The Balaban J connectivity index is 2.20. The predicted molar refractivity (Wildman–Crippen MR) is 63.1 cm³/mol. The number of aromatic nitrogens is 3. The molecule has 4 heteroatoms. The molecular weight excluding hydrogens is 212 g/mol. The van der Waals surface area contributed by atoms with Gasteiger partial charge < -0.3 is 0 Å². The highest BCUT2D eigenvalue weighted by molar-refractivity contribution is 5.77. The molecule has 0 atom stereocenters. The van der Waals surface area contributed by atoms with E-state index in [0.29, 0.717) is 5.56 Å². The maximum absolute atomic E-state index is 8.76. The summed E-state index contributed by atoms with van der Waals surface area (Å²) in [5, 5.41) is 16.7. The van der Waals surface area contributed by atoms with Gasteiger partial charge in [0.15, 0.2) is 5.65 Å². The largest absolute Gasteiger partial charge is 0.289 e. The first-order valence-corrected chi connectivity index (χ1v) is 5.17. The minimum atomic E-state index is 0.655. The number of benzene rings is 1.